The summed E-state index contributed by atoms with van der Waals surface area (Å²) in [6, 6.07) is 6.28. The molecule has 2 aliphatic heterocycles. The third kappa shape index (κ3) is 4.14. The molecule has 0 spiro atoms. The highest BCUT2D eigenvalue weighted by Crippen LogP contribution is 2.31. The molecule has 2 heterocycles. The van der Waals surface area contributed by atoms with E-state index in [1.807, 2.05) is 19.1 Å². The molecule has 3 unspecified atom stereocenters. The van der Waals surface area contributed by atoms with E-state index in [2.05, 4.69) is 10.2 Å². The van der Waals surface area contributed by atoms with Gasteiger partial charge in [-0.2, -0.15) is 0 Å². The van der Waals surface area contributed by atoms with E-state index < -0.39 is 0 Å². The summed E-state index contributed by atoms with van der Waals surface area (Å²) in [7, 11) is 0. The van der Waals surface area contributed by atoms with Crippen LogP contribution in [0.1, 0.15) is 31.7 Å². The predicted octanol–water partition coefficient (Wildman–Crippen LogP) is 3.95. The van der Waals surface area contributed by atoms with E-state index >= 15 is 0 Å². The topological polar surface area (TPSA) is 32.3 Å². The minimum atomic E-state index is -0.0557. The standard InChI is InChI=1S/C17H22Cl2N2O.ClH/c1-11(8-12-2-3-13(18)9-16(12)19)17(22)21-14-4-5-15(21)10-20-7-6-14;/h2-3,9,11,14-15,20H,4-8,10H2,1H3;1H. The Labute approximate surface area is 154 Å². The number of hydrogen-bond donors (Lipinski definition) is 1. The number of nitrogens with one attached hydrogen (secondary N) is 1. The Morgan fingerprint density at radius 3 is 2.78 bits per heavy atom. The average Bonchev–Trinajstić information content (AvgIpc) is 2.74. The molecule has 128 valence electrons. The molecule has 0 aromatic heterocycles. The van der Waals surface area contributed by atoms with Crippen LogP contribution in [0.2, 0.25) is 10.0 Å². The number of carbonyl (C=O) groups excluding carboxylic acids is 1. The largest absolute Gasteiger partial charge is 0.335 e. The van der Waals surface area contributed by atoms with Gasteiger partial charge in [0.25, 0.3) is 0 Å². The quantitative estimate of drug-likeness (QED) is 0.865. The van der Waals surface area contributed by atoms with Gasteiger partial charge in [-0.15, -0.1) is 12.4 Å². The molecule has 3 nitrogen and oxygen atoms in total. The third-order valence-corrected chi connectivity index (χ3v) is 5.46. The normalized spacial score (nSPS) is 24.7. The van der Waals surface area contributed by atoms with Gasteiger partial charge in [0.15, 0.2) is 0 Å². The van der Waals surface area contributed by atoms with Crippen molar-refractivity contribution in [3.05, 3.63) is 33.8 Å². The second kappa shape index (κ2) is 8.06. The Morgan fingerprint density at radius 1 is 1.30 bits per heavy atom. The van der Waals surface area contributed by atoms with Gasteiger partial charge in [-0.25, -0.2) is 0 Å². The van der Waals surface area contributed by atoms with Gasteiger partial charge < -0.3 is 10.2 Å². The SMILES string of the molecule is CC(Cc1ccc(Cl)cc1Cl)C(=O)N1C2CCNCC1CC2.Cl. The molecule has 23 heavy (non-hydrogen) atoms. The van der Waals surface area contributed by atoms with Crippen molar-refractivity contribution in [3.63, 3.8) is 0 Å². The highest BCUT2D eigenvalue weighted by molar-refractivity contribution is 6.35. The Balaban J connectivity index is 0.00000192. The van der Waals surface area contributed by atoms with Crippen LogP contribution in [0.3, 0.4) is 0 Å². The van der Waals surface area contributed by atoms with Crippen molar-refractivity contribution in [2.45, 2.75) is 44.7 Å². The van der Waals surface area contributed by atoms with Crippen LogP contribution in [0.4, 0.5) is 0 Å². The number of rotatable bonds is 3. The summed E-state index contributed by atoms with van der Waals surface area (Å²) in [6.07, 6.45) is 4.00. The summed E-state index contributed by atoms with van der Waals surface area (Å²) in [5.41, 5.74) is 0.993. The first-order valence-electron chi connectivity index (χ1n) is 8.03. The number of amides is 1. The van der Waals surface area contributed by atoms with Gasteiger partial charge in [0.05, 0.1) is 0 Å². The molecule has 3 atom stereocenters. The van der Waals surface area contributed by atoms with Crippen LogP contribution in [-0.2, 0) is 11.2 Å². The van der Waals surface area contributed by atoms with E-state index in [1.165, 1.54) is 0 Å². The maximum Gasteiger partial charge on any atom is 0.226 e. The smallest absolute Gasteiger partial charge is 0.226 e. The zero-order valence-electron chi connectivity index (χ0n) is 13.2. The van der Waals surface area contributed by atoms with Crippen LogP contribution >= 0.6 is 35.6 Å². The van der Waals surface area contributed by atoms with E-state index in [-0.39, 0.29) is 24.2 Å². The number of halogens is 3. The first-order valence-corrected chi connectivity index (χ1v) is 8.78. The van der Waals surface area contributed by atoms with Gasteiger partial charge >= 0.3 is 0 Å². The van der Waals surface area contributed by atoms with Crippen molar-refractivity contribution in [3.8, 4) is 0 Å². The van der Waals surface area contributed by atoms with Gasteiger partial charge in [0.1, 0.15) is 0 Å². The van der Waals surface area contributed by atoms with Crippen molar-refractivity contribution in [1.29, 1.82) is 0 Å². The van der Waals surface area contributed by atoms with E-state index in [9.17, 15) is 4.79 Å². The fourth-order valence-electron chi connectivity index (χ4n) is 3.70. The molecule has 0 saturated carbocycles. The lowest BCUT2D eigenvalue weighted by Crippen LogP contribution is -2.45. The zero-order chi connectivity index (χ0) is 15.7. The van der Waals surface area contributed by atoms with Crippen LogP contribution in [0, 0.1) is 5.92 Å². The minimum Gasteiger partial charge on any atom is -0.335 e. The summed E-state index contributed by atoms with van der Waals surface area (Å²) in [5.74, 6) is 0.210. The van der Waals surface area contributed by atoms with Crippen LogP contribution in [0.25, 0.3) is 0 Å². The molecular weight excluding hydrogens is 355 g/mol. The van der Waals surface area contributed by atoms with Gasteiger partial charge in [-0.1, -0.05) is 36.2 Å². The lowest BCUT2D eigenvalue weighted by atomic mass is 9.98. The maximum absolute atomic E-state index is 12.9. The number of nitrogens with zero attached hydrogens (tertiary/aromatic N) is 1. The first kappa shape index (κ1) is 18.9. The predicted molar refractivity (Wildman–Crippen MR) is 97.7 cm³/mol. The molecule has 6 heteroatoms. The van der Waals surface area contributed by atoms with Crippen LogP contribution in [0.15, 0.2) is 18.2 Å². The Hall–Kier alpha value is -0.480. The van der Waals surface area contributed by atoms with Crippen molar-refractivity contribution in [2.75, 3.05) is 13.1 Å². The molecule has 1 aromatic rings. The molecule has 2 saturated heterocycles. The lowest BCUT2D eigenvalue weighted by Gasteiger charge is -2.30. The Bertz CT molecular complexity index is 553. The second-order valence-electron chi connectivity index (χ2n) is 6.46. The maximum atomic E-state index is 12.9. The zero-order valence-corrected chi connectivity index (χ0v) is 15.6. The summed E-state index contributed by atoms with van der Waals surface area (Å²) in [4.78, 5) is 15.1. The van der Waals surface area contributed by atoms with Crippen molar-refractivity contribution in [1.82, 2.24) is 10.2 Å². The van der Waals surface area contributed by atoms with Crippen molar-refractivity contribution in [2.24, 2.45) is 5.92 Å². The minimum absolute atomic E-state index is 0. The summed E-state index contributed by atoms with van der Waals surface area (Å²) in [6.45, 7) is 3.95. The van der Waals surface area contributed by atoms with Gasteiger partial charge in [-0.05, 0) is 49.9 Å². The summed E-state index contributed by atoms with van der Waals surface area (Å²) >= 11 is 12.2. The highest BCUT2D eigenvalue weighted by Gasteiger charge is 2.39. The molecule has 1 aromatic carbocycles. The fraction of sp³-hybridized carbons (Fsp3) is 0.588. The monoisotopic (exact) mass is 376 g/mol. The number of carbonyl (C=O) groups is 1. The molecule has 2 bridgehead atoms. The molecule has 3 rings (SSSR count). The van der Waals surface area contributed by atoms with E-state index in [1.54, 1.807) is 6.07 Å². The van der Waals surface area contributed by atoms with Crippen LogP contribution in [-0.4, -0.2) is 36.0 Å². The molecule has 2 aliphatic rings. The average molecular weight is 378 g/mol. The van der Waals surface area contributed by atoms with Crippen molar-refractivity contribution < 1.29 is 4.79 Å². The van der Waals surface area contributed by atoms with Gasteiger partial charge in [0.2, 0.25) is 5.91 Å². The number of hydrogen-bond acceptors (Lipinski definition) is 2. The van der Waals surface area contributed by atoms with Gasteiger partial charge in [-0.3, -0.25) is 4.79 Å². The van der Waals surface area contributed by atoms with Crippen molar-refractivity contribution >= 4 is 41.5 Å². The molecule has 0 aliphatic carbocycles. The summed E-state index contributed by atoms with van der Waals surface area (Å²) in [5, 5.41) is 4.71. The Morgan fingerprint density at radius 2 is 2.04 bits per heavy atom. The van der Waals surface area contributed by atoms with E-state index in [4.69, 9.17) is 23.2 Å². The summed E-state index contributed by atoms with van der Waals surface area (Å²) < 4.78 is 0. The highest BCUT2D eigenvalue weighted by atomic mass is 35.5. The van der Waals surface area contributed by atoms with Gasteiger partial charge in [0, 0.05) is 34.6 Å². The number of fused-ring (bicyclic) bond motifs is 2. The Kier molecular flexibility index (Phi) is 6.61. The molecule has 1 N–H and O–H groups in total. The molecule has 2 fully saturated rings. The second-order valence-corrected chi connectivity index (χ2v) is 7.31. The molecule has 0 radical (unpaired) electrons. The third-order valence-electron chi connectivity index (χ3n) is 4.87. The van der Waals surface area contributed by atoms with Crippen LogP contribution < -0.4 is 5.32 Å². The first-order chi connectivity index (χ1) is 10.6. The molecule has 1 amide bonds. The van der Waals surface area contributed by atoms with Crippen LogP contribution in [0.5, 0.6) is 0 Å². The fourth-order valence-corrected chi connectivity index (χ4v) is 4.19. The lowest BCUT2D eigenvalue weighted by molar-refractivity contribution is -0.137. The molecular formula is C17H23Cl3N2O. The number of benzene rings is 1. The van der Waals surface area contributed by atoms with E-state index in [0.717, 1.165) is 37.9 Å². The van der Waals surface area contributed by atoms with E-state index in [0.29, 0.717) is 28.5 Å².